The van der Waals surface area contributed by atoms with Crippen LogP contribution >= 0.6 is 0 Å². The summed E-state index contributed by atoms with van der Waals surface area (Å²) in [6.07, 6.45) is 79.4. The van der Waals surface area contributed by atoms with Crippen LogP contribution in [-0.4, -0.2) is 47.4 Å². The van der Waals surface area contributed by atoms with Crippen molar-refractivity contribution in [1.82, 2.24) is 5.32 Å². The molecule has 0 radical (unpaired) electrons. The topological polar surface area (TPSA) is 95.9 Å². The van der Waals surface area contributed by atoms with Gasteiger partial charge >= 0.3 is 5.97 Å². The van der Waals surface area contributed by atoms with Gasteiger partial charge in [0.15, 0.2) is 0 Å². The van der Waals surface area contributed by atoms with Gasteiger partial charge in [-0.2, -0.15) is 0 Å². The van der Waals surface area contributed by atoms with Crippen LogP contribution in [0.1, 0.15) is 373 Å². The number of hydrogen-bond acceptors (Lipinski definition) is 5. The zero-order chi connectivity index (χ0) is 53.6. The average molecular weight is 1040 g/mol. The number of nitrogens with one attached hydrogen (secondary N) is 1. The van der Waals surface area contributed by atoms with Gasteiger partial charge < -0.3 is 20.3 Å². The third-order valence-corrected chi connectivity index (χ3v) is 15.8. The van der Waals surface area contributed by atoms with E-state index in [2.05, 4.69) is 43.5 Å². The Morgan fingerprint density at radius 2 is 0.676 bits per heavy atom. The SMILES string of the molecule is CCCCC/C=C\C/C=C\CCCCCCCCCCCC(=O)OCCCCCCCCCCCCCCCCCCCCCCCCCCCCCCCC(=O)NC(CO)C(O)CCCCCCCCCCC. The van der Waals surface area contributed by atoms with E-state index in [4.69, 9.17) is 4.74 Å². The summed E-state index contributed by atoms with van der Waals surface area (Å²) in [6, 6.07) is -0.536. The van der Waals surface area contributed by atoms with E-state index in [1.165, 1.54) is 289 Å². The number of carbonyl (C=O) groups excluding carboxylic acids is 2. The Kier molecular flexibility index (Phi) is 62.4. The Morgan fingerprint density at radius 1 is 0.378 bits per heavy atom. The largest absolute Gasteiger partial charge is 0.466 e. The summed E-state index contributed by atoms with van der Waals surface area (Å²) in [5.74, 6) is -0.0163. The molecule has 0 aromatic rings. The second-order valence-electron chi connectivity index (χ2n) is 23.2. The lowest BCUT2D eigenvalue weighted by Gasteiger charge is -2.22. The molecule has 3 N–H and O–H groups in total. The molecule has 0 aliphatic carbocycles. The molecule has 0 bridgehead atoms. The lowest BCUT2D eigenvalue weighted by Crippen LogP contribution is -2.45. The minimum Gasteiger partial charge on any atom is -0.466 e. The number of aliphatic hydroxyl groups is 2. The number of unbranched alkanes of at least 4 members (excludes halogenated alkanes) is 48. The van der Waals surface area contributed by atoms with Crippen molar-refractivity contribution >= 4 is 11.9 Å². The molecule has 2 unspecified atom stereocenters. The van der Waals surface area contributed by atoms with Gasteiger partial charge in [-0.15, -0.1) is 0 Å². The van der Waals surface area contributed by atoms with E-state index >= 15 is 0 Å². The standard InChI is InChI=1S/C68H131NO5/c1-3-5-7-9-11-13-14-15-16-17-29-33-36-39-42-46-50-54-58-62-68(73)74-63-59-55-51-47-43-40-37-34-31-28-26-24-22-20-18-19-21-23-25-27-30-32-35-38-41-45-49-53-57-61-67(72)69-65(64-70)66(71)60-56-52-48-44-12-10-8-6-4-2/h11,13,15-16,65-66,70-71H,3-10,12,14,17-64H2,1-2H3,(H,69,72)/b13-11-,16-15-. The van der Waals surface area contributed by atoms with Gasteiger partial charge in [0, 0.05) is 12.8 Å². The van der Waals surface area contributed by atoms with Crippen molar-refractivity contribution in [3.8, 4) is 0 Å². The van der Waals surface area contributed by atoms with Crippen LogP contribution in [0.15, 0.2) is 24.3 Å². The second kappa shape index (κ2) is 63.9. The van der Waals surface area contributed by atoms with Crippen molar-refractivity contribution in [2.75, 3.05) is 13.2 Å². The number of esters is 1. The number of amides is 1. The number of carbonyl (C=O) groups is 2. The molecule has 0 aromatic heterocycles. The van der Waals surface area contributed by atoms with E-state index in [-0.39, 0.29) is 18.5 Å². The summed E-state index contributed by atoms with van der Waals surface area (Å²) in [7, 11) is 0. The van der Waals surface area contributed by atoms with Gasteiger partial charge in [0.1, 0.15) is 0 Å². The van der Waals surface area contributed by atoms with Gasteiger partial charge in [0.05, 0.1) is 25.4 Å². The van der Waals surface area contributed by atoms with Gasteiger partial charge in [0.25, 0.3) is 0 Å². The predicted molar refractivity (Wildman–Crippen MR) is 324 cm³/mol. The van der Waals surface area contributed by atoms with Gasteiger partial charge in [-0.1, -0.05) is 327 Å². The van der Waals surface area contributed by atoms with Crippen molar-refractivity contribution in [1.29, 1.82) is 0 Å². The fourth-order valence-corrected chi connectivity index (χ4v) is 10.6. The number of ether oxygens (including phenoxy) is 1. The molecule has 6 heteroatoms. The first-order valence-corrected chi connectivity index (χ1v) is 33.6. The van der Waals surface area contributed by atoms with Crippen LogP contribution < -0.4 is 5.32 Å². The lowest BCUT2D eigenvalue weighted by atomic mass is 10.0. The molecule has 74 heavy (non-hydrogen) atoms. The summed E-state index contributed by atoms with van der Waals surface area (Å²) in [5.41, 5.74) is 0. The Hall–Kier alpha value is -1.66. The molecule has 0 saturated carbocycles. The van der Waals surface area contributed by atoms with Gasteiger partial charge in [-0.05, 0) is 57.8 Å². The molecular weight excluding hydrogens is 911 g/mol. The van der Waals surface area contributed by atoms with Crippen molar-refractivity contribution < 1.29 is 24.5 Å². The van der Waals surface area contributed by atoms with Crippen LogP contribution in [0, 0.1) is 0 Å². The summed E-state index contributed by atoms with van der Waals surface area (Å²) in [5, 5.41) is 23.1. The normalized spacial score (nSPS) is 12.6. The third-order valence-electron chi connectivity index (χ3n) is 15.8. The van der Waals surface area contributed by atoms with E-state index in [0.29, 0.717) is 25.9 Å². The molecular formula is C68H131NO5. The molecule has 0 aliphatic rings. The van der Waals surface area contributed by atoms with Crippen LogP contribution in [0.2, 0.25) is 0 Å². The molecule has 0 spiro atoms. The van der Waals surface area contributed by atoms with E-state index in [1.54, 1.807) is 0 Å². The van der Waals surface area contributed by atoms with Crippen molar-refractivity contribution in [3.05, 3.63) is 24.3 Å². The highest BCUT2D eigenvalue weighted by molar-refractivity contribution is 5.76. The first-order valence-electron chi connectivity index (χ1n) is 33.6. The highest BCUT2D eigenvalue weighted by Gasteiger charge is 2.20. The summed E-state index contributed by atoms with van der Waals surface area (Å²) < 4.78 is 5.51. The molecule has 0 fully saturated rings. The average Bonchev–Trinajstić information content (AvgIpc) is 3.40. The highest BCUT2D eigenvalue weighted by Crippen LogP contribution is 2.19. The van der Waals surface area contributed by atoms with Gasteiger partial charge in [-0.3, -0.25) is 9.59 Å². The highest BCUT2D eigenvalue weighted by atomic mass is 16.5. The van der Waals surface area contributed by atoms with Crippen LogP contribution in [0.25, 0.3) is 0 Å². The minimum atomic E-state index is -0.659. The van der Waals surface area contributed by atoms with Crippen molar-refractivity contribution in [2.24, 2.45) is 0 Å². The van der Waals surface area contributed by atoms with Crippen LogP contribution in [0.3, 0.4) is 0 Å². The Labute approximate surface area is 462 Å². The second-order valence-corrected chi connectivity index (χ2v) is 23.2. The van der Waals surface area contributed by atoms with Crippen molar-refractivity contribution in [3.63, 3.8) is 0 Å². The van der Waals surface area contributed by atoms with Crippen LogP contribution in [0.4, 0.5) is 0 Å². The molecule has 1 amide bonds. The molecule has 438 valence electrons. The maximum Gasteiger partial charge on any atom is 0.305 e. The lowest BCUT2D eigenvalue weighted by molar-refractivity contribution is -0.143. The first kappa shape index (κ1) is 72.3. The fourth-order valence-electron chi connectivity index (χ4n) is 10.6. The molecule has 0 saturated heterocycles. The summed E-state index contributed by atoms with van der Waals surface area (Å²) in [4.78, 5) is 24.5. The Balaban J connectivity index is 3.29. The number of hydrogen-bond donors (Lipinski definition) is 3. The molecule has 0 aromatic carbocycles. The molecule has 0 heterocycles. The quantitative estimate of drug-likeness (QED) is 0.0320. The zero-order valence-electron chi connectivity index (χ0n) is 50.1. The van der Waals surface area contributed by atoms with E-state index in [0.717, 1.165) is 51.4 Å². The fraction of sp³-hybridized carbons (Fsp3) is 0.912. The van der Waals surface area contributed by atoms with Crippen molar-refractivity contribution in [2.45, 2.75) is 386 Å². The first-order chi connectivity index (χ1) is 36.5. The van der Waals surface area contributed by atoms with Gasteiger partial charge in [-0.25, -0.2) is 0 Å². The predicted octanol–water partition coefficient (Wildman–Crippen LogP) is 21.4. The monoisotopic (exact) mass is 1040 g/mol. The molecule has 0 rings (SSSR count). The third kappa shape index (κ3) is 59.6. The number of allylic oxidation sites excluding steroid dienone is 4. The van der Waals surface area contributed by atoms with E-state index in [9.17, 15) is 19.8 Å². The molecule has 0 aliphatic heterocycles. The van der Waals surface area contributed by atoms with E-state index in [1.807, 2.05) is 0 Å². The van der Waals surface area contributed by atoms with Crippen LogP contribution in [0.5, 0.6) is 0 Å². The molecule has 6 nitrogen and oxygen atoms in total. The number of rotatable bonds is 63. The smallest absolute Gasteiger partial charge is 0.305 e. The number of aliphatic hydroxyl groups excluding tert-OH is 2. The maximum atomic E-state index is 12.4. The van der Waals surface area contributed by atoms with Gasteiger partial charge in [0.2, 0.25) is 5.91 Å². The Bertz CT molecular complexity index is 1150. The van der Waals surface area contributed by atoms with E-state index < -0.39 is 12.1 Å². The summed E-state index contributed by atoms with van der Waals surface area (Å²) >= 11 is 0. The maximum absolute atomic E-state index is 12.4. The van der Waals surface area contributed by atoms with Crippen LogP contribution in [-0.2, 0) is 14.3 Å². The Morgan fingerprint density at radius 3 is 1.05 bits per heavy atom. The minimum absolute atomic E-state index is 0.0161. The molecule has 2 atom stereocenters. The summed E-state index contributed by atoms with van der Waals surface area (Å²) in [6.45, 7) is 4.93. The zero-order valence-corrected chi connectivity index (χ0v) is 50.1.